The Morgan fingerprint density at radius 1 is 1.21 bits per heavy atom. The van der Waals surface area contributed by atoms with Crippen molar-refractivity contribution in [2.45, 2.75) is 52.9 Å². The molecule has 2 aliphatic rings. The number of hydrogen-bond acceptors (Lipinski definition) is 6. The first-order chi connectivity index (χ1) is 10.8. The zero-order chi connectivity index (χ0) is 17.6. The number of aliphatic imine (C=N–C) groups is 1. The Kier molecular flexibility index (Phi) is 9.39. The Morgan fingerprint density at radius 3 is 2.08 bits per heavy atom. The van der Waals surface area contributed by atoms with Gasteiger partial charge in [0.05, 0.1) is 18.9 Å². The van der Waals surface area contributed by atoms with Crippen LogP contribution in [0, 0.1) is 11.3 Å². The van der Waals surface area contributed by atoms with Gasteiger partial charge in [-0.3, -0.25) is 19.2 Å². The second kappa shape index (κ2) is 9.90. The number of cyclic esters (lactones) is 2. The molecule has 0 spiro atoms. The van der Waals surface area contributed by atoms with Gasteiger partial charge < -0.3 is 15.2 Å². The van der Waals surface area contributed by atoms with Crippen molar-refractivity contribution >= 4 is 29.8 Å². The molecule has 128 valence electrons. The van der Waals surface area contributed by atoms with E-state index < -0.39 is 35.2 Å². The monoisotopic (exact) mass is 348 g/mol. The van der Waals surface area contributed by atoms with E-state index in [2.05, 4.69) is 15.0 Å². The fourth-order valence-corrected chi connectivity index (χ4v) is 2.73. The first-order valence-electron chi connectivity index (χ1n) is 7.63. The summed E-state index contributed by atoms with van der Waals surface area (Å²) in [6.07, 6.45) is 2.54. The van der Waals surface area contributed by atoms with Gasteiger partial charge in [0.2, 0.25) is 5.91 Å². The summed E-state index contributed by atoms with van der Waals surface area (Å²) < 4.78 is 4.08. The zero-order valence-corrected chi connectivity index (χ0v) is 16.5. The molecule has 2 unspecified atom stereocenters. The van der Waals surface area contributed by atoms with Gasteiger partial charge in [0.1, 0.15) is 5.41 Å². The van der Waals surface area contributed by atoms with Crippen LogP contribution in [0.15, 0.2) is 4.99 Å². The second-order valence-electron chi connectivity index (χ2n) is 5.54. The van der Waals surface area contributed by atoms with Crippen LogP contribution in [0.1, 0.15) is 52.9 Å². The minimum absolute atomic E-state index is 0. The number of rotatable bonds is 4. The van der Waals surface area contributed by atoms with Crippen LogP contribution in [-0.2, 0) is 23.9 Å². The molecule has 0 aromatic rings. The van der Waals surface area contributed by atoms with E-state index in [0.29, 0.717) is 6.42 Å². The van der Waals surface area contributed by atoms with Gasteiger partial charge in [-0.2, -0.15) is 0 Å². The molecule has 9 heteroatoms. The third-order valence-corrected chi connectivity index (χ3v) is 4.09. The number of ether oxygens (including phenoxy) is 1. The van der Waals surface area contributed by atoms with Gasteiger partial charge in [0.25, 0.3) is 5.91 Å². The molecule has 2 heterocycles. The Bertz CT molecular complexity index is 534. The fraction of sp³-hybridized carbons (Fsp3) is 0.667. The van der Waals surface area contributed by atoms with E-state index in [1.165, 1.54) is 0 Å². The molecular weight excluding hydrogens is 327 g/mol. The molecule has 2 atom stereocenters. The Hall–Kier alpha value is -1.25. The Balaban J connectivity index is 0.000000555. The maximum absolute atomic E-state index is 11.9. The van der Waals surface area contributed by atoms with Gasteiger partial charge in [-0.25, -0.2) is 4.99 Å². The van der Waals surface area contributed by atoms with Crippen molar-refractivity contribution in [3.05, 3.63) is 0 Å². The molecule has 2 amide bonds. The van der Waals surface area contributed by atoms with Crippen LogP contribution in [-0.4, -0.2) is 29.8 Å². The van der Waals surface area contributed by atoms with E-state index in [0.717, 1.165) is 12.8 Å². The SMILES string of the molecule is CCCC(C)C1(CC)C(=O)N=C([O-])NC1=O.O=C1CCC(=O)O1.[Na+]. The summed E-state index contributed by atoms with van der Waals surface area (Å²) >= 11 is 0. The van der Waals surface area contributed by atoms with E-state index in [-0.39, 0.29) is 48.3 Å². The van der Waals surface area contributed by atoms with Gasteiger partial charge in [-0.15, -0.1) is 0 Å². The molecule has 8 nitrogen and oxygen atoms in total. The molecule has 0 aromatic carbocycles. The first kappa shape index (κ1) is 22.8. The van der Waals surface area contributed by atoms with Gasteiger partial charge in [0, 0.05) is 0 Å². The number of esters is 2. The smallest absolute Gasteiger partial charge is 0.846 e. The van der Waals surface area contributed by atoms with Gasteiger partial charge in [-0.05, 0) is 18.8 Å². The van der Waals surface area contributed by atoms with Gasteiger partial charge in [0.15, 0.2) is 0 Å². The number of nitrogens with one attached hydrogen (secondary N) is 1. The molecule has 0 bridgehead atoms. The summed E-state index contributed by atoms with van der Waals surface area (Å²) in [6, 6.07) is -0.845. The molecule has 1 N–H and O–H groups in total. The second-order valence-corrected chi connectivity index (χ2v) is 5.54. The maximum Gasteiger partial charge on any atom is 1.00 e. The molecule has 0 saturated carbocycles. The van der Waals surface area contributed by atoms with Crippen LogP contribution < -0.4 is 40.0 Å². The normalized spacial score (nSPS) is 24.0. The minimum Gasteiger partial charge on any atom is -0.846 e. The minimum atomic E-state index is -1.15. The average Bonchev–Trinajstić information content (AvgIpc) is 2.83. The first-order valence-corrected chi connectivity index (χ1v) is 7.63. The quantitative estimate of drug-likeness (QED) is 0.329. The summed E-state index contributed by atoms with van der Waals surface area (Å²) in [6.45, 7) is 5.62. The van der Waals surface area contributed by atoms with Crippen molar-refractivity contribution in [2.75, 3.05) is 0 Å². The number of hydrogen-bond donors (Lipinski definition) is 1. The average molecular weight is 348 g/mol. The number of amides is 2. The summed E-state index contributed by atoms with van der Waals surface area (Å²) in [5, 5.41) is 13.1. The van der Waals surface area contributed by atoms with Crippen molar-refractivity contribution in [1.29, 1.82) is 0 Å². The van der Waals surface area contributed by atoms with Crippen LogP contribution in [0.4, 0.5) is 0 Å². The molecule has 1 saturated heterocycles. The maximum atomic E-state index is 11.9. The predicted molar refractivity (Wildman–Crippen MR) is 77.7 cm³/mol. The Morgan fingerprint density at radius 2 is 1.75 bits per heavy atom. The fourth-order valence-electron chi connectivity index (χ4n) is 2.73. The number of carbonyl (C=O) groups is 4. The van der Waals surface area contributed by atoms with Crippen molar-refractivity contribution in [3.63, 3.8) is 0 Å². The summed E-state index contributed by atoms with van der Waals surface area (Å²) in [5.74, 6) is -1.99. The number of amidine groups is 1. The molecule has 2 aliphatic heterocycles. The van der Waals surface area contributed by atoms with E-state index in [1.807, 2.05) is 13.8 Å². The summed E-state index contributed by atoms with van der Waals surface area (Å²) in [5.41, 5.74) is -1.15. The third-order valence-electron chi connectivity index (χ3n) is 4.09. The zero-order valence-electron chi connectivity index (χ0n) is 14.5. The Labute approximate surface area is 162 Å². The standard InChI is InChI=1S/C11H18N2O3.C4H4O3.Na/c1-4-6-7(3)11(5-2)8(14)12-10(16)13-9(11)15;5-3-1-2-4(6)7-3;/h7H,4-6H2,1-3H3,(H2,12,13,14,15,16);1-2H2;/q;;+1/p-1. The third kappa shape index (κ3) is 5.12. The van der Waals surface area contributed by atoms with E-state index in [1.54, 1.807) is 6.92 Å². The topological polar surface area (TPSA) is 125 Å². The molecule has 2 rings (SSSR count). The van der Waals surface area contributed by atoms with E-state index >= 15 is 0 Å². The molecule has 0 aliphatic carbocycles. The largest absolute Gasteiger partial charge is 1.00 e. The molecule has 1 fully saturated rings. The molecule has 0 radical (unpaired) electrons. The van der Waals surface area contributed by atoms with Crippen LogP contribution in [0.2, 0.25) is 0 Å². The van der Waals surface area contributed by atoms with Crippen LogP contribution in [0.25, 0.3) is 0 Å². The van der Waals surface area contributed by atoms with E-state index in [9.17, 15) is 24.3 Å². The van der Waals surface area contributed by atoms with Crippen LogP contribution >= 0.6 is 0 Å². The van der Waals surface area contributed by atoms with Crippen molar-refractivity contribution in [2.24, 2.45) is 16.3 Å². The summed E-state index contributed by atoms with van der Waals surface area (Å²) in [4.78, 5) is 47.1. The van der Waals surface area contributed by atoms with Crippen molar-refractivity contribution < 1.29 is 58.6 Å². The van der Waals surface area contributed by atoms with Gasteiger partial charge in [-0.1, -0.05) is 27.2 Å². The molecular formula is C15H21N2NaO6. The van der Waals surface area contributed by atoms with Crippen molar-refractivity contribution in [1.82, 2.24) is 5.32 Å². The van der Waals surface area contributed by atoms with Gasteiger partial charge >= 0.3 is 41.5 Å². The summed E-state index contributed by atoms with van der Waals surface area (Å²) in [7, 11) is 0. The number of nitrogens with zero attached hydrogens (tertiary/aromatic N) is 1. The predicted octanol–water partition coefficient (Wildman–Crippen LogP) is -2.95. The van der Waals surface area contributed by atoms with Crippen molar-refractivity contribution in [3.8, 4) is 0 Å². The van der Waals surface area contributed by atoms with Crippen LogP contribution in [0.3, 0.4) is 0 Å². The van der Waals surface area contributed by atoms with Crippen LogP contribution in [0.5, 0.6) is 0 Å². The number of carbonyl (C=O) groups excluding carboxylic acids is 4. The molecule has 24 heavy (non-hydrogen) atoms. The molecule has 0 aromatic heterocycles. The van der Waals surface area contributed by atoms with E-state index in [4.69, 9.17) is 0 Å².